The van der Waals surface area contributed by atoms with Crippen molar-refractivity contribution in [1.82, 2.24) is 15.1 Å². The van der Waals surface area contributed by atoms with Crippen LogP contribution in [-0.4, -0.2) is 22.1 Å². The van der Waals surface area contributed by atoms with Crippen molar-refractivity contribution in [3.8, 4) is 0 Å². The number of rotatable bonds is 0. The van der Waals surface area contributed by atoms with Crippen molar-refractivity contribution < 1.29 is 0 Å². The molecule has 0 saturated heterocycles. The third kappa shape index (κ3) is 1.58. The molecular formula is C8H15Cl2N3O. The molecule has 82 valence electrons. The maximum atomic E-state index is 11.2. The fraction of sp³-hybridized carbons (Fsp3) is 0.625. The first-order valence-corrected chi connectivity index (χ1v) is 4.04. The van der Waals surface area contributed by atoms with Crippen molar-refractivity contribution >= 4 is 24.8 Å². The van der Waals surface area contributed by atoms with Crippen LogP contribution in [0.3, 0.4) is 0 Å². The van der Waals surface area contributed by atoms with E-state index in [1.807, 2.05) is 7.05 Å². The summed E-state index contributed by atoms with van der Waals surface area (Å²) in [6.45, 7) is 4.94. The number of fused-ring (bicyclic) bond motifs is 1. The second-order valence-corrected chi connectivity index (χ2v) is 3.85. The summed E-state index contributed by atoms with van der Waals surface area (Å²) in [5.41, 5.74) is 1.87. The standard InChI is InChI=1S/C8H13N3O.2ClH/c1-8(2)6-5(4-11(8)3)7(12)10-9-6;;/h4H2,1-3H3,(H2,9,10,12);2*1H. The molecule has 6 heteroatoms. The van der Waals surface area contributed by atoms with E-state index in [0.717, 1.165) is 17.8 Å². The van der Waals surface area contributed by atoms with E-state index < -0.39 is 0 Å². The van der Waals surface area contributed by atoms with Crippen molar-refractivity contribution in [3.05, 3.63) is 21.6 Å². The Labute approximate surface area is 94.9 Å². The number of nitrogens with one attached hydrogen (secondary N) is 2. The van der Waals surface area contributed by atoms with Crippen molar-refractivity contribution in [1.29, 1.82) is 0 Å². The summed E-state index contributed by atoms with van der Waals surface area (Å²) in [5, 5.41) is 5.54. The van der Waals surface area contributed by atoms with Crippen LogP contribution in [0.1, 0.15) is 25.1 Å². The zero-order valence-electron chi connectivity index (χ0n) is 8.38. The Bertz CT molecular complexity index is 369. The van der Waals surface area contributed by atoms with Crippen LogP contribution in [0.4, 0.5) is 0 Å². The Kier molecular flexibility index (Phi) is 3.84. The van der Waals surface area contributed by atoms with Gasteiger partial charge in [-0.05, 0) is 20.9 Å². The number of aromatic nitrogens is 2. The highest BCUT2D eigenvalue weighted by Crippen LogP contribution is 2.33. The van der Waals surface area contributed by atoms with Gasteiger partial charge in [0.2, 0.25) is 0 Å². The lowest BCUT2D eigenvalue weighted by molar-refractivity contribution is 0.172. The van der Waals surface area contributed by atoms with Gasteiger partial charge in [-0.15, -0.1) is 24.8 Å². The monoisotopic (exact) mass is 239 g/mol. The molecule has 0 atom stereocenters. The van der Waals surface area contributed by atoms with E-state index in [9.17, 15) is 4.79 Å². The van der Waals surface area contributed by atoms with Crippen molar-refractivity contribution in [2.75, 3.05) is 7.05 Å². The van der Waals surface area contributed by atoms with E-state index in [2.05, 4.69) is 28.9 Å². The fourth-order valence-electron chi connectivity index (χ4n) is 1.68. The number of hydrogen-bond donors (Lipinski definition) is 2. The fourth-order valence-corrected chi connectivity index (χ4v) is 1.68. The number of aromatic amines is 2. The minimum atomic E-state index is -0.0471. The molecule has 1 aliphatic heterocycles. The van der Waals surface area contributed by atoms with Crippen LogP contribution in [0.15, 0.2) is 4.79 Å². The molecule has 0 fully saturated rings. The summed E-state index contributed by atoms with van der Waals surface area (Å²) in [5.74, 6) is 0. The van der Waals surface area contributed by atoms with Crippen LogP contribution in [0.25, 0.3) is 0 Å². The molecule has 1 aromatic heterocycles. The highest BCUT2D eigenvalue weighted by molar-refractivity contribution is 5.85. The molecule has 0 amide bonds. The molecule has 14 heavy (non-hydrogen) atoms. The molecule has 0 spiro atoms. The first kappa shape index (κ1) is 13.5. The van der Waals surface area contributed by atoms with Gasteiger partial charge in [0.15, 0.2) is 0 Å². The van der Waals surface area contributed by atoms with Gasteiger partial charge in [-0.3, -0.25) is 14.8 Å². The van der Waals surface area contributed by atoms with Gasteiger partial charge in [-0.25, -0.2) is 0 Å². The van der Waals surface area contributed by atoms with Crippen LogP contribution in [0.2, 0.25) is 0 Å². The third-order valence-corrected chi connectivity index (χ3v) is 2.84. The molecule has 0 radical (unpaired) electrons. The molecule has 2 rings (SSSR count). The maximum Gasteiger partial charge on any atom is 0.268 e. The Hall–Kier alpha value is -0.450. The first-order chi connectivity index (χ1) is 5.53. The van der Waals surface area contributed by atoms with E-state index in [1.54, 1.807) is 0 Å². The normalized spacial score (nSPS) is 18.2. The quantitative estimate of drug-likeness (QED) is 0.716. The van der Waals surface area contributed by atoms with Gasteiger partial charge in [0.25, 0.3) is 5.56 Å². The average Bonchev–Trinajstić information content (AvgIpc) is 2.41. The zero-order valence-corrected chi connectivity index (χ0v) is 10.0. The van der Waals surface area contributed by atoms with Crippen LogP contribution in [0, 0.1) is 0 Å². The lowest BCUT2D eigenvalue weighted by Crippen LogP contribution is -2.32. The second-order valence-electron chi connectivity index (χ2n) is 3.85. The summed E-state index contributed by atoms with van der Waals surface area (Å²) in [7, 11) is 2.02. The second kappa shape index (κ2) is 3.96. The Morgan fingerprint density at radius 3 is 2.36 bits per heavy atom. The third-order valence-electron chi connectivity index (χ3n) is 2.84. The van der Waals surface area contributed by atoms with Gasteiger partial charge < -0.3 is 5.10 Å². The van der Waals surface area contributed by atoms with Crippen LogP contribution in [0.5, 0.6) is 0 Å². The van der Waals surface area contributed by atoms with Crippen molar-refractivity contribution in [2.45, 2.75) is 25.9 Å². The molecule has 0 saturated carbocycles. The first-order valence-electron chi connectivity index (χ1n) is 4.04. The Morgan fingerprint density at radius 1 is 1.29 bits per heavy atom. The predicted molar refractivity (Wildman–Crippen MR) is 60.4 cm³/mol. The summed E-state index contributed by atoms with van der Waals surface area (Å²) >= 11 is 0. The molecule has 0 aromatic carbocycles. The lowest BCUT2D eigenvalue weighted by atomic mass is 10.0. The van der Waals surface area contributed by atoms with E-state index in [4.69, 9.17) is 0 Å². The Balaban J connectivity index is 0.000000845. The van der Waals surface area contributed by atoms with Crippen LogP contribution < -0.4 is 5.56 Å². The highest BCUT2D eigenvalue weighted by Gasteiger charge is 2.37. The topological polar surface area (TPSA) is 51.9 Å². The summed E-state index contributed by atoms with van der Waals surface area (Å²) < 4.78 is 0. The zero-order chi connectivity index (χ0) is 8.93. The smallest absolute Gasteiger partial charge is 0.268 e. The summed E-state index contributed by atoms with van der Waals surface area (Å²) in [6, 6.07) is 0. The maximum absolute atomic E-state index is 11.2. The van der Waals surface area contributed by atoms with Gasteiger partial charge in [-0.1, -0.05) is 0 Å². The van der Waals surface area contributed by atoms with Gasteiger partial charge in [0, 0.05) is 6.54 Å². The molecule has 2 heterocycles. The van der Waals surface area contributed by atoms with E-state index >= 15 is 0 Å². The number of hydrogen-bond acceptors (Lipinski definition) is 2. The molecule has 1 aromatic rings. The van der Waals surface area contributed by atoms with Gasteiger partial charge in [-0.2, -0.15) is 0 Å². The molecule has 4 nitrogen and oxygen atoms in total. The minimum absolute atomic E-state index is 0. The molecule has 0 bridgehead atoms. The van der Waals surface area contributed by atoms with Crippen LogP contribution in [-0.2, 0) is 12.1 Å². The molecule has 1 aliphatic rings. The number of nitrogens with zero attached hydrogens (tertiary/aromatic N) is 1. The number of H-pyrrole nitrogens is 2. The van der Waals surface area contributed by atoms with Gasteiger partial charge in [0.1, 0.15) is 0 Å². The van der Waals surface area contributed by atoms with E-state index in [0.29, 0.717) is 0 Å². The SMILES string of the molecule is CN1Cc2c([nH][nH]c2=O)C1(C)C.Cl.Cl. The van der Waals surface area contributed by atoms with Gasteiger partial charge >= 0.3 is 0 Å². The van der Waals surface area contributed by atoms with Gasteiger partial charge in [0.05, 0.1) is 16.8 Å². The lowest BCUT2D eigenvalue weighted by Gasteiger charge is -2.27. The van der Waals surface area contributed by atoms with Crippen LogP contribution >= 0.6 is 24.8 Å². The van der Waals surface area contributed by atoms with E-state index in [1.165, 1.54) is 0 Å². The molecule has 2 N–H and O–H groups in total. The van der Waals surface area contributed by atoms with E-state index in [-0.39, 0.29) is 35.9 Å². The minimum Gasteiger partial charge on any atom is -0.300 e. The largest absolute Gasteiger partial charge is 0.300 e. The predicted octanol–water partition coefficient (Wildman–Crippen LogP) is 1.23. The molecule has 0 unspecified atom stereocenters. The summed E-state index contributed by atoms with van der Waals surface area (Å²) in [4.78, 5) is 13.4. The molecule has 0 aliphatic carbocycles. The van der Waals surface area contributed by atoms with Crippen molar-refractivity contribution in [2.24, 2.45) is 0 Å². The highest BCUT2D eigenvalue weighted by atomic mass is 35.5. The Morgan fingerprint density at radius 2 is 1.86 bits per heavy atom. The number of halogens is 2. The molecular weight excluding hydrogens is 225 g/mol. The van der Waals surface area contributed by atoms with Crippen molar-refractivity contribution in [3.63, 3.8) is 0 Å². The average molecular weight is 240 g/mol. The summed E-state index contributed by atoms with van der Waals surface area (Å²) in [6.07, 6.45) is 0.